The number of benzene rings is 2. The van der Waals surface area contributed by atoms with Crippen LogP contribution in [0.1, 0.15) is 36.1 Å². The van der Waals surface area contributed by atoms with Gasteiger partial charge in [-0.25, -0.2) is 0 Å². The second-order valence-corrected chi connectivity index (χ2v) is 5.86. The van der Waals surface area contributed by atoms with Gasteiger partial charge in [0.1, 0.15) is 0 Å². The first kappa shape index (κ1) is 17.7. The van der Waals surface area contributed by atoms with E-state index in [-0.39, 0.29) is 12.6 Å². The van der Waals surface area contributed by atoms with E-state index in [4.69, 9.17) is 14.2 Å². The Morgan fingerprint density at radius 1 is 0.652 bits per heavy atom. The van der Waals surface area contributed by atoms with E-state index < -0.39 is 0 Å². The Labute approximate surface area is 139 Å². The van der Waals surface area contributed by atoms with Gasteiger partial charge in [-0.1, -0.05) is 59.7 Å². The fourth-order valence-corrected chi connectivity index (χ4v) is 2.14. The van der Waals surface area contributed by atoms with E-state index in [9.17, 15) is 0 Å². The average Bonchev–Trinajstić information content (AvgIpc) is 2.54. The maximum absolute atomic E-state index is 5.70. The van der Waals surface area contributed by atoms with Gasteiger partial charge in [-0.05, 0) is 38.8 Å². The molecule has 2 rings (SSSR count). The molecular formula is C20H26O3. The van der Waals surface area contributed by atoms with Crippen LogP contribution in [-0.2, 0) is 27.4 Å². The van der Waals surface area contributed by atoms with Crippen molar-refractivity contribution < 1.29 is 14.2 Å². The van der Waals surface area contributed by atoms with Crippen LogP contribution < -0.4 is 0 Å². The van der Waals surface area contributed by atoms with Crippen molar-refractivity contribution in [1.29, 1.82) is 0 Å². The van der Waals surface area contributed by atoms with Crippen molar-refractivity contribution in [3.05, 3.63) is 70.8 Å². The van der Waals surface area contributed by atoms with Gasteiger partial charge < -0.3 is 14.2 Å². The van der Waals surface area contributed by atoms with E-state index in [2.05, 4.69) is 62.4 Å². The van der Waals surface area contributed by atoms with Gasteiger partial charge in [0.2, 0.25) is 0 Å². The fraction of sp³-hybridized carbons (Fsp3) is 0.400. The van der Waals surface area contributed by atoms with Gasteiger partial charge >= 0.3 is 0 Å². The van der Waals surface area contributed by atoms with Crippen LogP contribution in [-0.4, -0.2) is 12.6 Å². The van der Waals surface area contributed by atoms with Crippen molar-refractivity contribution in [3.63, 3.8) is 0 Å². The van der Waals surface area contributed by atoms with Crippen LogP contribution >= 0.6 is 0 Å². The third-order valence-electron chi connectivity index (χ3n) is 3.59. The number of hydrogen-bond donors (Lipinski definition) is 0. The lowest BCUT2D eigenvalue weighted by atomic mass is 10.2. The molecule has 0 radical (unpaired) electrons. The molecule has 23 heavy (non-hydrogen) atoms. The monoisotopic (exact) mass is 314 g/mol. The van der Waals surface area contributed by atoms with Gasteiger partial charge in [-0.2, -0.15) is 0 Å². The van der Waals surface area contributed by atoms with Gasteiger partial charge in [-0.3, -0.25) is 0 Å². The molecule has 0 saturated heterocycles. The molecule has 0 aliphatic heterocycles. The summed E-state index contributed by atoms with van der Waals surface area (Å²) < 4.78 is 17.1. The second kappa shape index (κ2) is 8.82. The minimum atomic E-state index is -0.315. The highest BCUT2D eigenvalue weighted by molar-refractivity contribution is 5.21. The van der Waals surface area contributed by atoms with Gasteiger partial charge in [0.05, 0.1) is 13.2 Å². The van der Waals surface area contributed by atoms with Crippen molar-refractivity contribution in [3.8, 4) is 0 Å². The Hall–Kier alpha value is -1.68. The summed E-state index contributed by atoms with van der Waals surface area (Å²) in [5.74, 6) is 0. The predicted molar refractivity (Wildman–Crippen MR) is 91.9 cm³/mol. The second-order valence-electron chi connectivity index (χ2n) is 5.86. The van der Waals surface area contributed by atoms with Gasteiger partial charge in [0.15, 0.2) is 12.6 Å². The Morgan fingerprint density at radius 3 is 1.35 bits per heavy atom. The van der Waals surface area contributed by atoms with Crippen LogP contribution in [0, 0.1) is 13.8 Å². The van der Waals surface area contributed by atoms with E-state index in [1.165, 1.54) is 11.1 Å². The van der Waals surface area contributed by atoms with Crippen LogP contribution in [0.25, 0.3) is 0 Å². The summed E-state index contributed by atoms with van der Waals surface area (Å²) in [6.07, 6.45) is -0.631. The summed E-state index contributed by atoms with van der Waals surface area (Å²) in [4.78, 5) is 0. The quantitative estimate of drug-likeness (QED) is 0.658. The zero-order valence-corrected chi connectivity index (χ0v) is 14.4. The van der Waals surface area contributed by atoms with Crippen molar-refractivity contribution in [2.24, 2.45) is 0 Å². The number of rotatable bonds is 8. The lowest BCUT2D eigenvalue weighted by Crippen LogP contribution is -2.22. The molecule has 0 N–H and O–H groups in total. The molecule has 2 aromatic rings. The van der Waals surface area contributed by atoms with Gasteiger partial charge in [-0.15, -0.1) is 0 Å². The Morgan fingerprint density at radius 2 is 1.00 bits per heavy atom. The molecule has 0 saturated carbocycles. The van der Waals surface area contributed by atoms with Crippen molar-refractivity contribution in [1.82, 2.24) is 0 Å². The molecule has 0 spiro atoms. The largest absolute Gasteiger partial charge is 0.348 e. The number of hydrogen-bond acceptors (Lipinski definition) is 3. The molecule has 3 nitrogen and oxygen atoms in total. The van der Waals surface area contributed by atoms with E-state index in [0.717, 1.165) is 11.1 Å². The van der Waals surface area contributed by atoms with Gasteiger partial charge in [0.25, 0.3) is 0 Å². The van der Waals surface area contributed by atoms with Crippen LogP contribution in [0.3, 0.4) is 0 Å². The van der Waals surface area contributed by atoms with Crippen LogP contribution in [0.5, 0.6) is 0 Å². The molecule has 0 aliphatic rings. The highest BCUT2D eigenvalue weighted by atomic mass is 16.8. The molecule has 0 aromatic heterocycles. The molecule has 2 atom stereocenters. The van der Waals surface area contributed by atoms with Crippen molar-refractivity contribution in [2.45, 2.75) is 53.5 Å². The molecule has 0 fully saturated rings. The van der Waals surface area contributed by atoms with Crippen molar-refractivity contribution >= 4 is 0 Å². The maximum Gasteiger partial charge on any atom is 0.158 e. The van der Waals surface area contributed by atoms with Crippen LogP contribution in [0.2, 0.25) is 0 Å². The molecule has 3 heteroatoms. The molecule has 0 bridgehead atoms. The molecule has 0 heterocycles. The highest BCUT2D eigenvalue weighted by Gasteiger charge is 2.09. The zero-order chi connectivity index (χ0) is 16.7. The first-order valence-electron chi connectivity index (χ1n) is 8.02. The molecular weight excluding hydrogens is 288 g/mol. The minimum Gasteiger partial charge on any atom is -0.348 e. The van der Waals surface area contributed by atoms with E-state index in [0.29, 0.717) is 13.2 Å². The lowest BCUT2D eigenvalue weighted by molar-refractivity contribution is -0.238. The fourth-order valence-electron chi connectivity index (χ4n) is 2.14. The molecule has 124 valence electrons. The zero-order valence-electron chi connectivity index (χ0n) is 14.4. The molecule has 2 unspecified atom stereocenters. The van der Waals surface area contributed by atoms with E-state index in [1.807, 2.05) is 13.8 Å². The number of ether oxygens (including phenoxy) is 3. The summed E-state index contributed by atoms with van der Waals surface area (Å²) in [5.41, 5.74) is 4.77. The number of aryl methyl sites for hydroxylation is 2. The van der Waals surface area contributed by atoms with Crippen LogP contribution in [0.15, 0.2) is 48.5 Å². The molecule has 0 amide bonds. The topological polar surface area (TPSA) is 27.7 Å². The summed E-state index contributed by atoms with van der Waals surface area (Å²) in [6.45, 7) is 8.99. The highest BCUT2D eigenvalue weighted by Crippen LogP contribution is 2.10. The molecule has 2 aromatic carbocycles. The maximum atomic E-state index is 5.70. The van der Waals surface area contributed by atoms with Gasteiger partial charge in [0, 0.05) is 0 Å². The smallest absolute Gasteiger partial charge is 0.158 e. The average molecular weight is 314 g/mol. The molecule has 0 aliphatic carbocycles. The van der Waals surface area contributed by atoms with E-state index in [1.54, 1.807) is 0 Å². The Kier molecular flexibility index (Phi) is 6.78. The third kappa shape index (κ3) is 6.53. The normalized spacial score (nSPS) is 13.7. The standard InChI is InChI=1S/C20H26O3/c1-15-5-9-19(10-6-15)13-21-17(3)23-18(4)22-14-20-11-7-16(2)8-12-20/h5-12,17-18H,13-14H2,1-4H3. The first-order chi connectivity index (χ1) is 11.0. The Balaban J connectivity index is 1.68. The van der Waals surface area contributed by atoms with E-state index >= 15 is 0 Å². The SMILES string of the molecule is Cc1ccc(COC(C)OC(C)OCc2ccc(C)cc2)cc1. The summed E-state index contributed by atoms with van der Waals surface area (Å²) in [6, 6.07) is 16.6. The summed E-state index contributed by atoms with van der Waals surface area (Å²) in [5, 5.41) is 0. The summed E-state index contributed by atoms with van der Waals surface area (Å²) in [7, 11) is 0. The third-order valence-corrected chi connectivity index (χ3v) is 3.59. The van der Waals surface area contributed by atoms with Crippen molar-refractivity contribution in [2.75, 3.05) is 0 Å². The Bertz CT molecular complexity index is 521. The van der Waals surface area contributed by atoms with Crippen LogP contribution in [0.4, 0.5) is 0 Å². The lowest BCUT2D eigenvalue weighted by Gasteiger charge is -2.20. The predicted octanol–water partition coefficient (Wildman–Crippen LogP) is 4.75. The summed E-state index contributed by atoms with van der Waals surface area (Å²) >= 11 is 0. The first-order valence-corrected chi connectivity index (χ1v) is 8.02. The minimum absolute atomic E-state index is 0.315.